The van der Waals surface area contributed by atoms with Crippen molar-refractivity contribution >= 4 is 5.78 Å². The highest BCUT2D eigenvalue weighted by Gasteiger charge is 2.14. The quantitative estimate of drug-likeness (QED) is 0.528. The normalized spacial score (nSPS) is 12.7. The van der Waals surface area contributed by atoms with E-state index in [1.165, 1.54) is 0 Å². The lowest BCUT2D eigenvalue weighted by molar-refractivity contribution is -0.121. The van der Waals surface area contributed by atoms with Gasteiger partial charge in [0.1, 0.15) is 5.78 Å². The smallest absolute Gasteiger partial charge is 0.149 e. The van der Waals surface area contributed by atoms with Crippen LogP contribution in [0.4, 0.5) is 0 Å². The molecule has 0 aromatic heterocycles. The summed E-state index contributed by atoms with van der Waals surface area (Å²) in [5, 5.41) is 3.06. The van der Waals surface area contributed by atoms with E-state index in [1.807, 2.05) is 7.05 Å². The van der Waals surface area contributed by atoms with E-state index in [2.05, 4.69) is 5.32 Å². The van der Waals surface area contributed by atoms with Crippen LogP contribution in [0.2, 0.25) is 0 Å². The molecule has 0 bridgehead atoms. The molecule has 90 valence electrons. The number of hydrogen-bond acceptors (Lipinski definition) is 4. The van der Waals surface area contributed by atoms with Crippen LogP contribution < -0.4 is 11.1 Å². The van der Waals surface area contributed by atoms with Crippen molar-refractivity contribution in [3.63, 3.8) is 0 Å². The third kappa shape index (κ3) is 7.48. The third-order valence-electron chi connectivity index (χ3n) is 2.46. The molecule has 3 N–H and O–H groups in total. The maximum Gasteiger partial charge on any atom is 0.149 e. The molecule has 0 aromatic rings. The third-order valence-corrected chi connectivity index (χ3v) is 2.46. The summed E-state index contributed by atoms with van der Waals surface area (Å²) in [6.45, 7) is 1.36. The molecule has 0 amide bonds. The number of likely N-dealkylation sites (N-methyl/N-ethyl adjacent to an activating group) is 1. The van der Waals surface area contributed by atoms with E-state index in [-0.39, 0.29) is 11.8 Å². The Kier molecular flexibility index (Phi) is 9.78. The zero-order valence-corrected chi connectivity index (χ0v) is 9.92. The van der Waals surface area contributed by atoms with E-state index in [1.54, 1.807) is 7.11 Å². The number of nitrogens with one attached hydrogen (secondary N) is 1. The number of nitrogens with two attached hydrogens (primary N) is 1. The molecule has 0 aliphatic carbocycles. The second-order valence-electron chi connectivity index (χ2n) is 3.69. The molecule has 0 radical (unpaired) electrons. The van der Waals surface area contributed by atoms with Crippen molar-refractivity contribution in [1.82, 2.24) is 5.32 Å². The molecule has 0 fully saturated rings. The molecule has 1 atom stereocenters. The first-order valence-corrected chi connectivity index (χ1v) is 5.65. The average molecular weight is 216 g/mol. The number of Topliss-reactive ketones (excluding diaryl/α,β-unsaturated/α-hetero) is 1. The van der Waals surface area contributed by atoms with Gasteiger partial charge in [-0.05, 0) is 32.9 Å². The predicted octanol–water partition coefficient (Wildman–Crippen LogP) is 0.699. The van der Waals surface area contributed by atoms with E-state index < -0.39 is 0 Å². The number of carbonyl (C=O) groups is 1. The van der Waals surface area contributed by atoms with Gasteiger partial charge in [-0.25, -0.2) is 0 Å². The molecule has 0 heterocycles. The summed E-state index contributed by atoms with van der Waals surface area (Å²) < 4.78 is 4.91. The number of hydrogen-bond donors (Lipinski definition) is 2. The van der Waals surface area contributed by atoms with E-state index in [9.17, 15) is 4.79 Å². The first-order chi connectivity index (χ1) is 7.26. The van der Waals surface area contributed by atoms with Crippen LogP contribution in [0.3, 0.4) is 0 Å². The van der Waals surface area contributed by atoms with Crippen molar-refractivity contribution in [1.29, 1.82) is 0 Å². The Morgan fingerprint density at radius 1 is 1.40 bits per heavy atom. The van der Waals surface area contributed by atoms with E-state index in [4.69, 9.17) is 10.5 Å². The van der Waals surface area contributed by atoms with Crippen LogP contribution in [-0.4, -0.2) is 39.1 Å². The number of rotatable bonds is 10. The second kappa shape index (κ2) is 10.1. The van der Waals surface area contributed by atoms with Gasteiger partial charge in [-0.15, -0.1) is 0 Å². The number of methoxy groups -OCH3 is 1. The molecule has 0 aliphatic heterocycles. The van der Waals surface area contributed by atoms with Gasteiger partial charge in [0.15, 0.2) is 0 Å². The monoisotopic (exact) mass is 216 g/mol. The summed E-state index contributed by atoms with van der Waals surface area (Å²) in [6, 6.07) is -0.00611. The average Bonchev–Trinajstić information content (AvgIpc) is 2.24. The van der Waals surface area contributed by atoms with Crippen LogP contribution in [-0.2, 0) is 9.53 Å². The molecule has 4 heteroatoms. The number of carbonyl (C=O) groups excluding carboxylic acids is 1. The minimum atomic E-state index is -0.00611. The van der Waals surface area contributed by atoms with Crippen molar-refractivity contribution in [3.8, 4) is 0 Å². The molecule has 15 heavy (non-hydrogen) atoms. The molecule has 4 nitrogen and oxygen atoms in total. The number of unbranched alkanes of at least 4 members (excludes halogenated alkanes) is 1. The molecule has 0 saturated carbocycles. The molecular formula is C11H24N2O2. The highest BCUT2D eigenvalue weighted by Crippen LogP contribution is 2.05. The Bertz CT molecular complexity index is 163. The van der Waals surface area contributed by atoms with Gasteiger partial charge in [-0.2, -0.15) is 0 Å². The fourth-order valence-electron chi connectivity index (χ4n) is 1.52. The van der Waals surface area contributed by atoms with Gasteiger partial charge in [0.2, 0.25) is 0 Å². The van der Waals surface area contributed by atoms with Gasteiger partial charge in [-0.1, -0.05) is 6.42 Å². The standard InChI is InChI=1S/C11H24N2O2/c1-13-10(6-3-4-8-12)11(14)7-5-9-15-2/h10,13H,3-9,12H2,1-2H3. The topological polar surface area (TPSA) is 64.3 Å². The maximum absolute atomic E-state index is 11.7. The highest BCUT2D eigenvalue weighted by atomic mass is 16.5. The Morgan fingerprint density at radius 2 is 2.13 bits per heavy atom. The summed E-state index contributed by atoms with van der Waals surface area (Å²) in [6.07, 6.45) is 4.30. The van der Waals surface area contributed by atoms with Gasteiger partial charge in [0.25, 0.3) is 0 Å². The van der Waals surface area contributed by atoms with Crippen LogP contribution in [0, 0.1) is 0 Å². The zero-order valence-electron chi connectivity index (χ0n) is 9.92. The van der Waals surface area contributed by atoms with Crippen molar-refractivity contribution in [3.05, 3.63) is 0 Å². The molecular weight excluding hydrogens is 192 g/mol. The SMILES string of the molecule is CNC(CCCCN)C(=O)CCCOC. The lowest BCUT2D eigenvalue weighted by atomic mass is 10.0. The van der Waals surface area contributed by atoms with Crippen molar-refractivity contribution in [2.24, 2.45) is 5.73 Å². The molecule has 1 unspecified atom stereocenters. The first-order valence-electron chi connectivity index (χ1n) is 5.65. The van der Waals surface area contributed by atoms with Crippen molar-refractivity contribution < 1.29 is 9.53 Å². The fraction of sp³-hybridized carbons (Fsp3) is 0.909. The number of ketones is 1. The Balaban J connectivity index is 3.67. The Morgan fingerprint density at radius 3 is 2.67 bits per heavy atom. The van der Waals surface area contributed by atoms with E-state index in [0.29, 0.717) is 19.6 Å². The zero-order chi connectivity index (χ0) is 11.5. The van der Waals surface area contributed by atoms with Crippen molar-refractivity contribution in [2.75, 3.05) is 27.3 Å². The largest absolute Gasteiger partial charge is 0.385 e. The van der Waals surface area contributed by atoms with Crippen LogP contribution >= 0.6 is 0 Å². The maximum atomic E-state index is 11.7. The first kappa shape index (κ1) is 14.6. The van der Waals surface area contributed by atoms with Crippen LogP contribution in [0.5, 0.6) is 0 Å². The van der Waals surface area contributed by atoms with E-state index >= 15 is 0 Å². The van der Waals surface area contributed by atoms with Gasteiger partial charge >= 0.3 is 0 Å². The molecule has 0 aromatic carbocycles. The van der Waals surface area contributed by atoms with Gasteiger partial charge in [0.05, 0.1) is 6.04 Å². The highest BCUT2D eigenvalue weighted by molar-refractivity contribution is 5.83. The summed E-state index contributed by atoms with van der Waals surface area (Å²) in [5.74, 6) is 0.284. The summed E-state index contributed by atoms with van der Waals surface area (Å²) in [5.41, 5.74) is 5.41. The lowest BCUT2D eigenvalue weighted by Gasteiger charge is -2.14. The van der Waals surface area contributed by atoms with Gasteiger partial charge < -0.3 is 15.8 Å². The molecule has 0 aliphatic rings. The van der Waals surface area contributed by atoms with Crippen LogP contribution in [0.1, 0.15) is 32.1 Å². The number of ether oxygens (including phenoxy) is 1. The molecule has 0 saturated heterocycles. The van der Waals surface area contributed by atoms with Gasteiger partial charge in [0, 0.05) is 20.1 Å². The van der Waals surface area contributed by atoms with E-state index in [0.717, 1.165) is 25.7 Å². The van der Waals surface area contributed by atoms with Crippen LogP contribution in [0.15, 0.2) is 0 Å². The van der Waals surface area contributed by atoms with Gasteiger partial charge in [-0.3, -0.25) is 4.79 Å². The molecule has 0 spiro atoms. The second-order valence-corrected chi connectivity index (χ2v) is 3.69. The van der Waals surface area contributed by atoms with Crippen LogP contribution in [0.25, 0.3) is 0 Å². The van der Waals surface area contributed by atoms with Crippen molar-refractivity contribution in [2.45, 2.75) is 38.1 Å². The lowest BCUT2D eigenvalue weighted by Crippen LogP contribution is -2.34. The summed E-state index contributed by atoms with van der Waals surface area (Å²) in [7, 11) is 3.49. The Labute approximate surface area is 92.6 Å². The predicted molar refractivity (Wildman–Crippen MR) is 61.9 cm³/mol. The molecule has 0 rings (SSSR count). The summed E-state index contributed by atoms with van der Waals surface area (Å²) >= 11 is 0. The fourth-order valence-corrected chi connectivity index (χ4v) is 1.52. The minimum Gasteiger partial charge on any atom is -0.385 e. The summed E-state index contributed by atoms with van der Waals surface area (Å²) in [4.78, 5) is 11.7. The minimum absolute atomic E-state index is 0.00611. The Hall–Kier alpha value is -0.450.